The van der Waals surface area contributed by atoms with Crippen molar-refractivity contribution < 1.29 is 9.59 Å². The zero-order chi connectivity index (χ0) is 16.4. The van der Waals surface area contributed by atoms with Gasteiger partial charge in [-0.25, -0.2) is 14.4 Å². The number of nitrogens with zero attached hydrogens (tertiary/aromatic N) is 5. The minimum atomic E-state index is -0.467. The van der Waals surface area contributed by atoms with E-state index in [0.717, 1.165) is 11.3 Å². The number of nitrogens with one attached hydrogen (secondary N) is 1. The Morgan fingerprint density at radius 1 is 1.35 bits per heavy atom. The molecule has 1 saturated heterocycles. The van der Waals surface area contributed by atoms with Crippen LogP contribution in [0.25, 0.3) is 5.69 Å². The highest BCUT2D eigenvalue weighted by Gasteiger charge is 2.39. The van der Waals surface area contributed by atoms with Crippen molar-refractivity contribution in [2.75, 3.05) is 16.9 Å². The molecule has 1 aliphatic rings. The van der Waals surface area contributed by atoms with Gasteiger partial charge in [0.2, 0.25) is 0 Å². The number of hydrogen-bond acceptors (Lipinski definition) is 6. The summed E-state index contributed by atoms with van der Waals surface area (Å²) in [6.45, 7) is 1.86. The van der Waals surface area contributed by atoms with E-state index in [4.69, 9.17) is 0 Å². The number of carbonyl (C=O) groups is 2. The molecule has 3 amide bonds. The lowest BCUT2D eigenvalue weighted by Crippen LogP contribution is -2.32. The van der Waals surface area contributed by atoms with Crippen molar-refractivity contribution in [2.24, 2.45) is 0 Å². The fraction of sp³-hybridized carbons (Fsp3) is 0.357. The van der Waals surface area contributed by atoms with Crippen LogP contribution in [0.2, 0.25) is 0 Å². The van der Waals surface area contributed by atoms with Crippen LogP contribution >= 0.6 is 11.8 Å². The summed E-state index contributed by atoms with van der Waals surface area (Å²) in [7, 11) is 0. The smallest absolute Gasteiger partial charge is 0.325 e. The molecule has 1 N–H and O–H groups in total. The van der Waals surface area contributed by atoms with E-state index in [1.54, 1.807) is 17.8 Å². The Bertz CT molecular complexity index is 733. The Morgan fingerprint density at radius 2 is 2.17 bits per heavy atom. The molecule has 1 atom stereocenters. The highest BCUT2D eigenvalue weighted by molar-refractivity contribution is 7.98. The zero-order valence-electron chi connectivity index (χ0n) is 12.8. The van der Waals surface area contributed by atoms with Crippen LogP contribution in [-0.2, 0) is 4.79 Å². The second kappa shape index (κ2) is 6.37. The molecule has 0 radical (unpaired) electrons. The van der Waals surface area contributed by atoms with Gasteiger partial charge in [-0.1, -0.05) is 6.07 Å². The Labute approximate surface area is 137 Å². The third-order valence-corrected chi connectivity index (χ3v) is 4.32. The Morgan fingerprint density at radius 3 is 2.87 bits per heavy atom. The molecule has 1 fully saturated rings. The molecule has 3 rings (SSSR count). The van der Waals surface area contributed by atoms with Crippen LogP contribution in [-0.4, -0.2) is 50.2 Å². The minimum Gasteiger partial charge on any atom is -0.325 e. The molecule has 120 valence electrons. The third kappa shape index (κ3) is 2.91. The summed E-state index contributed by atoms with van der Waals surface area (Å²) in [5.74, 6) is 0.592. The van der Waals surface area contributed by atoms with Crippen LogP contribution in [0.5, 0.6) is 0 Å². The van der Waals surface area contributed by atoms with Gasteiger partial charge in [0.05, 0.1) is 11.4 Å². The number of amides is 3. The maximum Gasteiger partial charge on any atom is 0.329 e. The summed E-state index contributed by atoms with van der Waals surface area (Å²) in [6, 6.07) is 4.55. The van der Waals surface area contributed by atoms with Gasteiger partial charge in [-0.05, 0) is 53.5 Å². The Kier molecular flexibility index (Phi) is 4.28. The van der Waals surface area contributed by atoms with Gasteiger partial charge in [-0.15, -0.1) is 5.10 Å². The molecule has 1 aromatic heterocycles. The fourth-order valence-corrected chi connectivity index (χ4v) is 2.92. The number of tetrazole rings is 1. The van der Waals surface area contributed by atoms with Gasteiger partial charge >= 0.3 is 6.03 Å². The number of hydrogen-bond donors (Lipinski definition) is 1. The molecule has 9 heteroatoms. The van der Waals surface area contributed by atoms with E-state index in [-0.39, 0.29) is 5.91 Å². The summed E-state index contributed by atoms with van der Waals surface area (Å²) < 4.78 is 1.48. The number of anilines is 1. The van der Waals surface area contributed by atoms with Gasteiger partial charge in [0.1, 0.15) is 12.4 Å². The van der Waals surface area contributed by atoms with Gasteiger partial charge in [-0.3, -0.25) is 4.79 Å². The molecule has 23 heavy (non-hydrogen) atoms. The largest absolute Gasteiger partial charge is 0.329 e. The molecular formula is C14H16N6O2S. The molecule has 8 nitrogen and oxygen atoms in total. The highest BCUT2D eigenvalue weighted by Crippen LogP contribution is 2.27. The topological polar surface area (TPSA) is 93.0 Å². The van der Waals surface area contributed by atoms with Crippen LogP contribution in [0.4, 0.5) is 10.5 Å². The minimum absolute atomic E-state index is 0.221. The molecule has 1 aliphatic heterocycles. The van der Waals surface area contributed by atoms with Crippen molar-refractivity contribution in [3.63, 3.8) is 0 Å². The number of imide groups is 1. The van der Waals surface area contributed by atoms with Gasteiger partial charge in [0.25, 0.3) is 5.91 Å². The monoisotopic (exact) mass is 332 g/mol. The normalized spacial score (nSPS) is 17.7. The molecule has 2 heterocycles. The van der Waals surface area contributed by atoms with E-state index in [2.05, 4.69) is 20.8 Å². The second-order valence-electron chi connectivity index (χ2n) is 5.18. The first kappa shape index (κ1) is 15.5. The zero-order valence-corrected chi connectivity index (χ0v) is 13.6. The van der Waals surface area contributed by atoms with Gasteiger partial charge in [0, 0.05) is 0 Å². The quantitative estimate of drug-likeness (QED) is 0.826. The lowest BCUT2D eigenvalue weighted by molar-refractivity contribution is -0.118. The van der Waals surface area contributed by atoms with Gasteiger partial charge in [-0.2, -0.15) is 11.8 Å². The Hall–Kier alpha value is -2.42. The van der Waals surface area contributed by atoms with Crippen molar-refractivity contribution in [2.45, 2.75) is 19.4 Å². The van der Waals surface area contributed by atoms with Crippen molar-refractivity contribution in [1.82, 2.24) is 25.5 Å². The molecule has 0 aliphatic carbocycles. The molecule has 1 unspecified atom stereocenters. The average molecular weight is 332 g/mol. The SMILES string of the molecule is CSCCC1NC(=O)N(c2cc(-n3cnnn3)ccc2C)C1=O. The van der Waals surface area contributed by atoms with Crippen molar-refractivity contribution in [3.8, 4) is 5.69 Å². The Balaban J connectivity index is 1.93. The summed E-state index contributed by atoms with van der Waals surface area (Å²) in [5.41, 5.74) is 2.06. The van der Waals surface area contributed by atoms with E-state index in [9.17, 15) is 9.59 Å². The summed E-state index contributed by atoms with van der Waals surface area (Å²) >= 11 is 1.65. The maximum absolute atomic E-state index is 12.6. The molecule has 1 aromatic carbocycles. The van der Waals surface area contributed by atoms with Crippen LogP contribution in [0, 0.1) is 6.92 Å². The maximum atomic E-state index is 12.6. The first-order valence-electron chi connectivity index (χ1n) is 7.09. The van der Waals surface area contributed by atoms with Crippen LogP contribution in [0.3, 0.4) is 0 Å². The van der Waals surface area contributed by atoms with E-state index in [0.29, 0.717) is 17.8 Å². The standard InChI is InChI=1S/C14H16N6O2S/c1-9-3-4-10(19-8-15-17-18-19)7-12(9)20-13(21)11(5-6-23-2)16-14(20)22/h3-4,7-8,11H,5-6H2,1-2H3,(H,16,22). The van der Waals surface area contributed by atoms with Crippen molar-refractivity contribution in [1.29, 1.82) is 0 Å². The van der Waals surface area contributed by atoms with Crippen LogP contribution in [0.1, 0.15) is 12.0 Å². The summed E-state index contributed by atoms with van der Waals surface area (Å²) in [5, 5.41) is 13.8. The first-order valence-corrected chi connectivity index (χ1v) is 8.48. The number of aryl methyl sites for hydroxylation is 1. The van der Waals surface area contributed by atoms with Crippen LogP contribution in [0.15, 0.2) is 24.5 Å². The lowest BCUT2D eigenvalue weighted by Gasteiger charge is -2.17. The number of urea groups is 1. The van der Waals surface area contributed by atoms with E-state index in [1.165, 1.54) is 15.9 Å². The number of rotatable bonds is 5. The molecular weight excluding hydrogens is 316 g/mol. The van der Waals surface area contributed by atoms with E-state index in [1.807, 2.05) is 25.3 Å². The summed E-state index contributed by atoms with van der Waals surface area (Å²) in [4.78, 5) is 26.0. The van der Waals surface area contributed by atoms with Crippen molar-refractivity contribution >= 4 is 29.4 Å². The molecule has 2 aromatic rings. The van der Waals surface area contributed by atoms with E-state index < -0.39 is 12.1 Å². The highest BCUT2D eigenvalue weighted by atomic mass is 32.2. The van der Waals surface area contributed by atoms with Gasteiger partial charge < -0.3 is 5.32 Å². The van der Waals surface area contributed by atoms with Crippen LogP contribution < -0.4 is 10.2 Å². The molecule has 0 spiro atoms. The number of carbonyl (C=O) groups excluding carboxylic acids is 2. The summed E-state index contributed by atoms with van der Waals surface area (Å²) in [6.07, 6.45) is 4.05. The predicted molar refractivity (Wildman–Crippen MR) is 86.7 cm³/mol. The van der Waals surface area contributed by atoms with Crippen molar-refractivity contribution in [3.05, 3.63) is 30.1 Å². The molecule has 0 bridgehead atoms. The first-order chi connectivity index (χ1) is 11.1. The molecule has 0 saturated carbocycles. The van der Waals surface area contributed by atoms with E-state index >= 15 is 0 Å². The second-order valence-corrected chi connectivity index (χ2v) is 6.17. The number of aromatic nitrogens is 4. The average Bonchev–Trinajstić information content (AvgIpc) is 3.15. The third-order valence-electron chi connectivity index (χ3n) is 3.68. The predicted octanol–water partition coefficient (Wildman–Crippen LogP) is 1.15. The lowest BCUT2D eigenvalue weighted by atomic mass is 10.1. The fourth-order valence-electron chi connectivity index (χ4n) is 2.45. The van der Waals surface area contributed by atoms with Gasteiger partial charge in [0.15, 0.2) is 0 Å². The number of thioether (sulfide) groups is 1. The number of benzene rings is 1.